The summed E-state index contributed by atoms with van der Waals surface area (Å²) in [6.07, 6.45) is 0. The summed E-state index contributed by atoms with van der Waals surface area (Å²) >= 11 is 0. The van der Waals surface area contributed by atoms with Crippen molar-refractivity contribution in [2.75, 3.05) is 7.11 Å². The van der Waals surface area contributed by atoms with E-state index in [-0.39, 0.29) is 11.3 Å². The molecule has 1 aromatic carbocycles. The Hall–Kier alpha value is -2.50. The highest BCUT2D eigenvalue weighted by atomic mass is 16.5. The maximum Gasteiger partial charge on any atom is 0.372 e. The Morgan fingerprint density at radius 1 is 1.44 bits per heavy atom. The number of carboxylic acids is 1. The van der Waals surface area contributed by atoms with E-state index in [1.54, 1.807) is 24.3 Å². The number of carbonyl (C=O) groups is 1. The van der Waals surface area contributed by atoms with Crippen LogP contribution in [0.5, 0.6) is 5.75 Å². The molecule has 0 bridgehead atoms. The molecule has 18 heavy (non-hydrogen) atoms. The number of methoxy groups -OCH3 is 1. The van der Waals surface area contributed by atoms with Gasteiger partial charge in [-0.05, 0) is 12.1 Å². The van der Waals surface area contributed by atoms with Crippen molar-refractivity contribution in [2.45, 2.75) is 0 Å². The Kier molecular flexibility index (Phi) is 2.93. The van der Waals surface area contributed by atoms with Crippen molar-refractivity contribution in [1.29, 1.82) is 0 Å². The fraction of sp³-hybridized carbons (Fsp3) is 0.167. The molecule has 6 nitrogen and oxygen atoms in total. The van der Waals surface area contributed by atoms with E-state index >= 15 is 0 Å². The van der Waals surface area contributed by atoms with Gasteiger partial charge in [0, 0.05) is 12.6 Å². The summed E-state index contributed by atoms with van der Waals surface area (Å²) in [7, 11) is 2.98. The third kappa shape index (κ3) is 1.88. The number of ether oxygens (including phenoxy) is 1. The number of nitrogens with zero attached hydrogens (tertiary/aromatic N) is 1. The molecule has 0 amide bonds. The van der Waals surface area contributed by atoms with Gasteiger partial charge < -0.3 is 14.4 Å². The van der Waals surface area contributed by atoms with Crippen LogP contribution in [0.25, 0.3) is 11.3 Å². The average molecular weight is 249 g/mol. The maximum atomic E-state index is 11.4. The lowest BCUT2D eigenvalue weighted by molar-refractivity contribution is 0.0695. The van der Waals surface area contributed by atoms with Crippen LogP contribution in [0.1, 0.15) is 10.4 Å². The predicted molar refractivity (Wildman–Crippen MR) is 62.9 cm³/mol. The van der Waals surface area contributed by atoms with Gasteiger partial charge in [0.25, 0.3) is 0 Å². The molecule has 2 aromatic rings. The molecule has 1 N–H and O–H groups in total. The van der Waals surface area contributed by atoms with Gasteiger partial charge in [0.1, 0.15) is 11.4 Å². The largest absolute Gasteiger partial charge is 0.497 e. The number of hydrogen-bond acceptors (Lipinski definition) is 4. The van der Waals surface area contributed by atoms with E-state index in [4.69, 9.17) is 14.4 Å². The third-order valence-electron chi connectivity index (χ3n) is 2.53. The molecule has 0 aliphatic carbocycles. The van der Waals surface area contributed by atoms with E-state index in [9.17, 15) is 9.59 Å². The van der Waals surface area contributed by atoms with Crippen LogP contribution in [-0.4, -0.2) is 22.9 Å². The minimum atomic E-state index is -1.32. The highest BCUT2D eigenvalue weighted by Gasteiger charge is 2.23. The molecular formula is C12H11NO5. The fourth-order valence-corrected chi connectivity index (χ4v) is 1.75. The molecule has 6 heteroatoms. The highest BCUT2D eigenvalue weighted by Crippen LogP contribution is 2.25. The van der Waals surface area contributed by atoms with Gasteiger partial charge in [0.05, 0.1) is 7.11 Å². The smallest absolute Gasteiger partial charge is 0.372 e. The van der Waals surface area contributed by atoms with Crippen molar-refractivity contribution in [3.05, 3.63) is 40.2 Å². The van der Waals surface area contributed by atoms with Gasteiger partial charge in [-0.2, -0.15) is 0 Å². The van der Waals surface area contributed by atoms with E-state index in [2.05, 4.69) is 0 Å². The molecule has 1 heterocycles. The summed E-state index contributed by atoms with van der Waals surface area (Å²) in [4.78, 5) is 22.5. The van der Waals surface area contributed by atoms with Gasteiger partial charge in [-0.15, -0.1) is 0 Å². The molecule has 0 aliphatic rings. The van der Waals surface area contributed by atoms with Gasteiger partial charge in [-0.25, -0.2) is 14.3 Å². The van der Waals surface area contributed by atoms with Gasteiger partial charge in [-0.1, -0.05) is 12.1 Å². The fourth-order valence-electron chi connectivity index (χ4n) is 1.75. The zero-order valence-corrected chi connectivity index (χ0v) is 9.84. The van der Waals surface area contributed by atoms with Crippen LogP contribution in [-0.2, 0) is 7.05 Å². The number of hydrogen-bond donors (Lipinski definition) is 1. The molecule has 0 spiro atoms. The highest BCUT2D eigenvalue weighted by molar-refractivity contribution is 5.94. The molecule has 0 saturated carbocycles. The summed E-state index contributed by atoms with van der Waals surface area (Å²) in [5, 5.41) is 9.04. The van der Waals surface area contributed by atoms with Crippen LogP contribution in [0.15, 0.2) is 33.6 Å². The lowest BCUT2D eigenvalue weighted by atomic mass is 10.1. The number of carboxylic acid groups (broad SMARTS) is 1. The van der Waals surface area contributed by atoms with Crippen LogP contribution in [0.4, 0.5) is 0 Å². The SMILES string of the molecule is COc1cccc(-c2c(C(=O)O)c(=O)on2C)c1. The predicted octanol–water partition coefficient (Wildman–Crippen LogP) is 1.35. The Morgan fingerprint density at radius 3 is 2.78 bits per heavy atom. The summed E-state index contributed by atoms with van der Waals surface area (Å²) in [6, 6.07) is 6.75. The second-order valence-electron chi connectivity index (χ2n) is 3.64. The first kappa shape index (κ1) is 12.0. The summed E-state index contributed by atoms with van der Waals surface area (Å²) in [5.41, 5.74) is -0.500. The standard InChI is InChI=1S/C12H11NO5/c1-13-10(9(11(14)15)12(16)18-13)7-4-3-5-8(6-7)17-2/h3-6H,1-2H3,(H,14,15). The van der Waals surface area contributed by atoms with E-state index < -0.39 is 11.6 Å². The zero-order valence-electron chi connectivity index (χ0n) is 9.84. The summed E-state index contributed by atoms with van der Waals surface area (Å²) in [5.74, 6) is -0.750. The first-order chi connectivity index (χ1) is 8.54. The Bertz CT molecular complexity index is 653. The van der Waals surface area contributed by atoms with Crippen LogP contribution in [0, 0.1) is 0 Å². The summed E-state index contributed by atoms with van der Waals surface area (Å²) in [6.45, 7) is 0. The molecule has 0 fully saturated rings. The van der Waals surface area contributed by atoms with Crippen LogP contribution in [0.2, 0.25) is 0 Å². The number of aryl methyl sites for hydroxylation is 1. The van der Waals surface area contributed by atoms with E-state index in [0.717, 1.165) is 4.74 Å². The van der Waals surface area contributed by atoms with Crippen LogP contribution >= 0.6 is 0 Å². The topological polar surface area (TPSA) is 81.7 Å². The average Bonchev–Trinajstić information content (AvgIpc) is 2.64. The number of rotatable bonds is 3. The van der Waals surface area contributed by atoms with Gasteiger partial charge in [-0.3, -0.25) is 0 Å². The first-order valence-electron chi connectivity index (χ1n) is 5.12. The normalized spacial score (nSPS) is 10.3. The van der Waals surface area contributed by atoms with Gasteiger partial charge in [0.2, 0.25) is 0 Å². The monoisotopic (exact) mass is 249 g/mol. The second kappa shape index (κ2) is 4.40. The van der Waals surface area contributed by atoms with E-state index in [1.807, 2.05) is 0 Å². The van der Waals surface area contributed by atoms with Crippen molar-refractivity contribution in [3.8, 4) is 17.0 Å². The Labute approximate surface area is 102 Å². The van der Waals surface area contributed by atoms with Crippen molar-refractivity contribution >= 4 is 5.97 Å². The molecule has 0 atom stereocenters. The van der Waals surface area contributed by atoms with Crippen LogP contribution in [0.3, 0.4) is 0 Å². The van der Waals surface area contributed by atoms with Gasteiger partial charge >= 0.3 is 11.6 Å². The molecule has 1 aromatic heterocycles. The number of aromatic nitrogens is 1. The molecule has 94 valence electrons. The van der Waals surface area contributed by atoms with E-state index in [1.165, 1.54) is 14.2 Å². The molecule has 0 saturated heterocycles. The Morgan fingerprint density at radius 2 is 2.17 bits per heavy atom. The third-order valence-corrected chi connectivity index (χ3v) is 2.53. The van der Waals surface area contributed by atoms with Crippen molar-refractivity contribution in [3.63, 3.8) is 0 Å². The van der Waals surface area contributed by atoms with Crippen molar-refractivity contribution in [2.24, 2.45) is 7.05 Å². The lowest BCUT2D eigenvalue weighted by Gasteiger charge is -2.05. The van der Waals surface area contributed by atoms with Crippen molar-refractivity contribution in [1.82, 2.24) is 4.74 Å². The molecule has 0 aliphatic heterocycles. The van der Waals surface area contributed by atoms with Crippen LogP contribution < -0.4 is 10.4 Å². The molecule has 0 radical (unpaired) electrons. The molecule has 2 rings (SSSR count). The Balaban J connectivity index is 2.70. The molecule has 0 unspecified atom stereocenters. The number of benzene rings is 1. The summed E-state index contributed by atoms with van der Waals surface area (Å²) < 4.78 is 11.0. The molecular weight excluding hydrogens is 238 g/mol. The van der Waals surface area contributed by atoms with Crippen molar-refractivity contribution < 1.29 is 19.2 Å². The maximum absolute atomic E-state index is 11.4. The van der Waals surface area contributed by atoms with Gasteiger partial charge in [0.15, 0.2) is 5.56 Å². The minimum absolute atomic E-state index is 0.214. The second-order valence-corrected chi connectivity index (χ2v) is 3.64. The van der Waals surface area contributed by atoms with E-state index in [0.29, 0.717) is 11.3 Å². The minimum Gasteiger partial charge on any atom is -0.497 e. The number of aromatic carboxylic acids is 1. The first-order valence-corrected chi connectivity index (χ1v) is 5.12. The quantitative estimate of drug-likeness (QED) is 0.887. The lowest BCUT2D eigenvalue weighted by Crippen LogP contribution is -2.09. The zero-order chi connectivity index (χ0) is 13.3.